The highest BCUT2D eigenvalue weighted by molar-refractivity contribution is 5.83. The van der Waals surface area contributed by atoms with Crippen LogP contribution in [0.2, 0.25) is 0 Å². The van der Waals surface area contributed by atoms with E-state index in [9.17, 15) is 9.59 Å². The topological polar surface area (TPSA) is 71.2 Å². The zero-order chi connectivity index (χ0) is 17.2. The van der Waals surface area contributed by atoms with Gasteiger partial charge >= 0.3 is 5.97 Å². The molecule has 0 aliphatic carbocycles. The lowest BCUT2D eigenvalue weighted by molar-refractivity contribution is -0.140. The number of aromatic amines is 1. The molecule has 0 spiro atoms. The molecular weight excluding hydrogens is 304 g/mol. The first-order valence-corrected chi connectivity index (χ1v) is 8.59. The second kappa shape index (κ2) is 9.75. The molecule has 0 unspecified atom stereocenters. The smallest absolute Gasteiger partial charge is 0.305 e. The molecule has 2 rings (SSSR count). The number of amides is 1. The van der Waals surface area contributed by atoms with E-state index in [-0.39, 0.29) is 11.9 Å². The zero-order valence-electron chi connectivity index (χ0n) is 14.3. The molecule has 2 N–H and O–H groups in total. The van der Waals surface area contributed by atoms with Crippen LogP contribution >= 0.6 is 0 Å². The van der Waals surface area contributed by atoms with Crippen molar-refractivity contribution in [3.8, 4) is 0 Å². The molecule has 5 nitrogen and oxygen atoms in total. The predicted octanol–water partition coefficient (Wildman–Crippen LogP) is 3.34. The van der Waals surface area contributed by atoms with Gasteiger partial charge in [0, 0.05) is 36.5 Å². The van der Waals surface area contributed by atoms with Gasteiger partial charge in [-0.25, -0.2) is 0 Å². The summed E-state index contributed by atoms with van der Waals surface area (Å²) < 4.78 is 4.59. The molecule has 2 aromatic rings. The number of fused-ring (bicyclic) bond motifs is 1. The van der Waals surface area contributed by atoms with Crippen LogP contribution in [0.1, 0.15) is 44.1 Å². The fourth-order valence-electron chi connectivity index (χ4n) is 2.77. The maximum absolute atomic E-state index is 11.8. The first kappa shape index (κ1) is 18.0. The molecule has 0 bridgehead atoms. The summed E-state index contributed by atoms with van der Waals surface area (Å²) in [6, 6.07) is 8.18. The van der Waals surface area contributed by atoms with E-state index in [1.165, 1.54) is 18.1 Å². The molecule has 0 atom stereocenters. The highest BCUT2D eigenvalue weighted by atomic mass is 16.5. The Morgan fingerprint density at radius 3 is 2.62 bits per heavy atom. The molecule has 1 heterocycles. The molecule has 0 saturated heterocycles. The highest BCUT2D eigenvalue weighted by Crippen LogP contribution is 2.17. The lowest BCUT2D eigenvalue weighted by Crippen LogP contribution is -2.25. The summed E-state index contributed by atoms with van der Waals surface area (Å²) in [5.41, 5.74) is 2.36. The summed E-state index contributed by atoms with van der Waals surface area (Å²) in [5.74, 6) is -0.0622. The lowest BCUT2D eigenvalue weighted by atomic mass is 10.1. The van der Waals surface area contributed by atoms with Gasteiger partial charge in [0.2, 0.25) is 5.91 Å². The van der Waals surface area contributed by atoms with E-state index in [1.807, 2.05) is 18.3 Å². The molecule has 5 heteroatoms. The number of benzene rings is 1. The van der Waals surface area contributed by atoms with Crippen molar-refractivity contribution >= 4 is 22.8 Å². The van der Waals surface area contributed by atoms with Crippen LogP contribution in [0.3, 0.4) is 0 Å². The number of hydrogen-bond acceptors (Lipinski definition) is 3. The molecule has 130 valence electrons. The number of aromatic nitrogens is 1. The molecule has 0 aliphatic rings. The maximum atomic E-state index is 11.8. The van der Waals surface area contributed by atoms with E-state index in [0.29, 0.717) is 19.4 Å². The van der Waals surface area contributed by atoms with Crippen molar-refractivity contribution in [2.75, 3.05) is 13.7 Å². The number of ether oxygens (including phenoxy) is 1. The molecule has 1 aromatic heterocycles. The second-order valence-corrected chi connectivity index (χ2v) is 5.95. The highest BCUT2D eigenvalue weighted by Gasteiger charge is 2.05. The molecule has 0 aliphatic heterocycles. The maximum Gasteiger partial charge on any atom is 0.305 e. The third-order valence-electron chi connectivity index (χ3n) is 4.15. The monoisotopic (exact) mass is 330 g/mol. The van der Waals surface area contributed by atoms with Gasteiger partial charge < -0.3 is 15.0 Å². The summed E-state index contributed by atoms with van der Waals surface area (Å²) in [7, 11) is 1.41. The number of para-hydroxylation sites is 1. The minimum atomic E-state index is -0.162. The van der Waals surface area contributed by atoms with Crippen molar-refractivity contribution < 1.29 is 14.3 Å². The number of H-pyrrole nitrogens is 1. The number of hydrogen-bond donors (Lipinski definition) is 2. The summed E-state index contributed by atoms with van der Waals surface area (Å²) in [6.07, 6.45) is 7.46. The van der Waals surface area contributed by atoms with Gasteiger partial charge in [0.15, 0.2) is 0 Å². The fourth-order valence-corrected chi connectivity index (χ4v) is 2.77. The lowest BCUT2D eigenvalue weighted by Gasteiger charge is -2.05. The van der Waals surface area contributed by atoms with Crippen LogP contribution in [0.4, 0.5) is 0 Å². The molecule has 0 radical (unpaired) electrons. The van der Waals surface area contributed by atoms with Gasteiger partial charge in [-0.15, -0.1) is 0 Å². The first-order chi connectivity index (χ1) is 11.7. The Bertz CT molecular complexity index is 663. The molecule has 0 saturated carbocycles. The van der Waals surface area contributed by atoms with Crippen LogP contribution in [0.25, 0.3) is 10.9 Å². The van der Waals surface area contributed by atoms with Gasteiger partial charge in [-0.3, -0.25) is 9.59 Å². The van der Waals surface area contributed by atoms with Gasteiger partial charge in [0.25, 0.3) is 0 Å². The number of esters is 1. The van der Waals surface area contributed by atoms with E-state index in [1.54, 1.807) is 0 Å². The van der Waals surface area contributed by atoms with Crippen LogP contribution in [0, 0.1) is 0 Å². The van der Waals surface area contributed by atoms with Gasteiger partial charge in [0.1, 0.15) is 0 Å². The van der Waals surface area contributed by atoms with Crippen molar-refractivity contribution in [1.82, 2.24) is 10.3 Å². The van der Waals surface area contributed by atoms with Gasteiger partial charge in [0.05, 0.1) is 7.11 Å². The number of carbonyl (C=O) groups is 2. The zero-order valence-corrected chi connectivity index (χ0v) is 14.3. The third kappa shape index (κ3) is 5.72. The Kier molecular flexibility index (Phi) is 7.33. The Labute approximate surface area is 142 Å². The molecule has 1 aromatic carbocycles. The Morgan fingerprint density at radius 1 is 1.08 bits per heavy atom. The molecule has 0 fully saturated rings. The van der Waals surface area contributed by atoms with E-state index >= 15 is 0 Å². The van der Waals surface area contributed by atoms with E-state index in [2.05, 4.69) is 27.2 Å². The van der Waals surface area contributed by atoms with Crippen LogP contribution in [-0.2, 0) is 20.7 Å². The average Bonchev–Trinajstić information content (AvgIpc) is 3.01. The standard InChI is InChI=1S/C19H26N2O3/c1-24-19(23)11-5-3-2-4-10-18(22)20-13-12-15-14-21-17-9-7-6-8-16(15)17/h6-9,14,21H,2-5,10-13H2,1H3,(H,20,22). The fraction of sp³-hybridized carbons (Fsp3) is 0.474. The van der Waals surface area contributed by atoms with E-state index in [4.69, 9.17) is 0 Å². The van der Waals surface area contributed by atoms with Crippen LogP contribution < -0.4 is 5.32 Å². The minimum Gasteiger partial charge on any atom is -0.469 e. The van der Waals surface area contributed by atoms with Crippen molar-refractivity contribution in [3.05, 3.63) is 36.0 Å². The van der Waals surface area contributed by atoms with Crippen molar-refractivity contribution in [2.24, 2.45) is 0 Å². The number of methoxy groups -OCH3 is 1. The SMILES string of the molecule is COC(=O)CCCCCCC(=O)NCCc1c[nH]c2ccccc12. The quantitative estimate of drug-likeness (QED) is 0.518. The van der Waals surface area contributed by atoms with Gasteiger partial charge in [-0.1, -0.05) is 31.0 Å². The number of carbonyl (C=O) groups excluding carboxylic acids is 2. The second-order valence-electron chi connectivity index (χ2n) is 5.95. The van der Waals surface area contributed by atoms with Crippen LogP contribution in [-0.4, -0.2) is 30.5 Å². The van der Waals surface area contributed by atoms with E-state index in [0.717, 1.165) is 37.6 Å². The summed E-state index contributed by atoms with van der Waals surface area (Å²) in [6.45, 7) is 0.656. The van der Waals surface area contributed by atoms with Gasteiger partial charge in [-0.05, 0) is 30.9 Å². The number of nitrogens with one attached hydrogen (secondary N) is 2. The predicted molar refractivity (Wildman–Crippen MR) is 94.7 cm³/mol. The largest absolute Gasteiger partial charge is 0.469 e. The van der Waals surface area contributed by atoms with Crippen molar-refractivity contribution in [3.63, 3.8) is 0 Å². The third-order valence-corrected chi connectivity index (χ3v) is 4.15. The minimum absolute atomic E-state index is 0.0998. The summed E-state index contributed by atoms with van der Waals surface area (Å²) >= 11 is 0. The molecular formula is C19H26N2O3. The molecule has 24 heavy (non-hydrogen) atoms. The Morgan fingerprint density at radius 2 is 1.83 bits per heavy atom. The van der Waals surface area contributed by atoms with Crippen molar-refractivity contribution in [2.45, 2.75) is 44.9 Å². The van der Waals surface area contributed by atoms with E-state index < -0.39 is 0 Å². The Hall–Kier alpha value is -2.30. The normalized spacial score (nSPS) is 10.7. The Balaban J connectivity index is 1.56. The average molecular weight is 330 g/mol. The van der Waals surface area contributed by atoms with Crippen LogP contribution in [0.5, 0.6) is 0 Å². The number of rotatable bonds is 10. The number of unbranched alkanes of at least 4 members (excludes halogenated alkanes) is 3. The van der Waals surface area contributed by atoms with Crippen molar-refractivity contribution in [1.29, 1.82) is 0 Å². The summed E-state index contributed by atoms with van der Waals surface area (Å²) in [4.78, 5) is 26.0. The molecule has 1 amide bonds. The summed E-state index contributed by atoms with van der Waals surface area (Å²) in [5, 5.41) is 4.20. The first-order valence-electron chi connectivity index (χ1n) is 8.59. The van der Waals surface area contributed by atoms with Gasteiger partial charge in [-0.2, -0.15) is 0 Å². The van der Waals surface area contributed by atoms with Crippen LogP contribution in [0.15, 0.2) is 30.5 Å².